The number of rotatable bonds is 2. The molecule has 0 saturated carbocycles. The van der Waals surface area contributed by atoms with E-state index in [9.17, 15) is 14.3 Å². The van der Waals surface area contributed by atoms with E-state index in [2.05, 4.69) is 10.3 Å². The maximum Gasteiger partial charge on any atom is 0.263 e. The molecule has 92 valence electrons. The molecule has 0 atom stereocenters. The van der Waals surface area contributed by atoms with Gasteiger partial charge in [-0.2, -0.15) is 0 Å². The maximum atomic E-state index is 13.4. The number of hydrogen-bond acceptors (Lipinski definition) is 3. The number of aromatic hydroxyl groups is 1. The van der Waals surface area contributed by atoms with Gasteiger partial charge in [0, 0.05) is 6.20 Å². The minimum atomic E-state index is -0.804. The van der Waals surface area contributed by atoms with Gasteiger partial charge in [0.15, 0.2) is 0 Å². The molecule has 1 amide bonds. The lowest BCUT2D eigenvalue weighted by molar-refractivity contribution is 0.102. The first kappa shape index (κ1) is 12.3. The first-order chi connectivity index (χ1) is 8.58. The van der Waals surface area contributed by atoms with E-state index in [-0.39, 0.29) is 5.82 Å². The van der Waals surface area contributed by atoms with E-state index in [1.807, 2.05) is 0 Å². The Hall–Kier alpha value is -2.14. The largest absolute Gasteiger partial charge is 0.507 e. The highest BCUT2D eigenvalue weighted by atomic mass is 35.5. The van der Waals surface area contributed by atoms with Gasteiger partial charge in [0.2, 0.25) is 0 Å². The molecule has 0 saturated heterocycles. The number of aromatic nitrogens is 1. The average molecular weight is 267 g/mol. The first-order valence-corrected chi connectivity index (χ1v) is 5.36. The van der Waals surface area contributed by atoms with Gasteiger partial charge in [-0.3, -0.25) is 4.79 Å². The molecule has 0 unspecified atom stereocenters. The summed E-state index contributed by atoms with van der Waals surface area (Å²) in [7, 11) is 0. The Labute approximate surface area is 107 Å². The highest BCUT2D eigenvalue weighted by Crippen LogP contribution is 2.21. The summed E-state index contributed by atoms with van der Waals surface area (Å²) < 4.78 is 13.4. The lowest BCUT2D eigenvalue weighted by Gasteiger charge is -2.06. The number of halogens is 2. The summed E-state index contributed by atoms with van der Waals surface area (Å²) in [5.74, 6) is -1.80. The van der Waals surface area contributed by atoms with Crippen molar-refractivity contribution in [2.75, 3.05) is 5.32 Å². The van der Waals surface area contributed by atoms with E-state index in [0.29, 0.717) is 5.02 Å². The number of anilines is 1. The molecule has 1 aromatic carbocycles. The third-order valence-corrected chi connectivity index (χ3v) is 2.41. The van der Waals surface area contributed by atoms with Crippen molar-refractivity contribution in [1.82, 2.24) is 4.98 Å². The molecule has 6 heteroatoms. The predicted molar refractivity (Wildman–Crippen MR) is 65.3 cm³/mol. The second kappa shape index (κ2) is 5.01. The number of amides is 1. The lowest BCUT2D eigenvalue weighted by atomic mass is 10.1. The third-order valence-electron chi connectivity index (χ3n) is 2.19. The maximum absolute atomic E-state index is 13.4. The van der Waals surface area contributed by atoms with Crippen LogP contribution in [-0.4, -0.2) is 16.0 Å². The Balaban J connectivity index is 2.25. The van der Waals surface area contributed by atoms with Crippen molar-refractivity contribution in [2.45, 2.75) is 0 Å². The number of nitrogens with one attached hydrogen (secondary N) is 1. The number of phenols is 1. The van der Waals surface area contributed by atoms with Crippen molar-refractivity contribution in [3.63, 3.8) is 0 Å². The SMILES string of the molecule is O=C(Nc1ccc(Cl)cn1)c1c(O)cccc1F. The van der Waals surface area contributed by atoms with Gasteiger partial charge < -0.3 is 10.4 Å². The summed E-state index contributed by atoms with van der Waals surface area (Å²) in [5, 5.41) is 12.2. The Kier molecular flexibility index (Phi) is 3.43. The van der Waals surface area contributed by atoms with E-state index >= 15 is 0 Å². The molecule has 0 aliphatic carbocycles. The van der Waals surface area contributed by atoms with Crippen LogP contribution in [0.5, 0.6) is 5.75 Å². The van der Waals surface area contributed by atoms with Gasteiger partial charge in [-0.05, 0) is 24.3 Å². The van der Waals surface area contributed by atoms with Gasteiger partial charge in [0.05, 0.1) is 5.02 Å². The number of hydrogen-bond donors (Lipinski definition) is 2. The molecule has 1 aromatic heterocycles. The van der Waals surface area contributed by atoms with E-state index in [4.69, 9.17) is 11.6 Å². The summed E-state index contributed by atoms with van der Waals surface area (Å²) in [5.41, 5.74) is -0.422. The smallest absolute Gasteiger partial charge is 0.263 e. The Bertz CT molecular complexity index is 567. The summed E-state index contributed by atoms with van der Waals surface area (Å²) in [6, 6.07) is 6.63. The van der Waals surface area contributed by atoms with Crippen LogP contribution in [0.2, 0.25) is 5.02 Å². The highest BCUT2D eigenvalue weighted by molar-refractivity contribution is 6.30. The van der Waals surface area contributed by atoms with Gasteiger partial charge in [-0.15, -0.1) is 0 Å². The molecule has 2 N–H and O–H groups in total. The molecule has 0 fully saturated rings. The van der Waals surface area contributed by atoms with E-state index < -0.39 is 23.0 Å². The van der Waals surface area contributed by atoms with Crippen molar-refractivity contribution < 1.29 is 14.3 Å². The average Bonchev–Trinajstić information content (AvgIpc) is 2.32. The number of carbonyl (C=O) groups is 1. The Morgan fingerprint density at radius 3 is 2.72 bits per heavy atom. The fourth-order valence-corrected chi connectivity index (χ4v) is 1.48. The topological polar surface area (TPSA) is 62.2 Å². The minimum absolute atomic E-state index is 0.215. The molecule has 1 heterocycles. The van der Waals surface area contributed by atoms with Crippen LogP contribution in [-0.2, 0) is 0 Å². The number of phenolic OH excluding ortho intramolecular Hbond substituents is 1. The van der Waals surface area contributed by atoms with Gasteiger partial charge in [-0.1, -0.05) is 17.7 Å². The zero-order valence-corrected chi connectivity index (χ0v) is 9.78. The quantitative estimate of drug-likeness (QED) is 0.879. The normalized spacial score (nSPS) is 10.1. The second-order valence-electron chi connectivity index (χ2n) is 3.45. The van der Waals surface area contributed by atoms with Crippen LogP contribution < -0.4 is 5.32 Å². The third kappa shape index (κ3) is 2.57. The van der Waals surface area contributed by atoms with Crippen molar-refractivity contribution in [1.29, 1.82) is 0 Å². The van der Waals surface area contributed by atoms with Crippen LogP contribution in [0.1, 0.15) is 10.4 Å². The monoisotopic (exact) mass is 266 g/mol. The molecule has 0 radical (unpaired) electrons. The zero-order valence-electron chi connectivity index (χ0n) is 9.02. The Morgan fingerprint density at radius 1 is 1.33 bits per heavy atom. The van der Waals surface area contributed by atoms with Gasteiger partial charge in [0.1, 0.15) is 22.9 Å². The van der Waals surface area contributed by atoms with Crippen molar-refractivity contribution in [2.24, 2.45) is 0 Å². The van der Waals surface area contributed by atoms with E-state index in [0.717, 1.165) is 6.07 Å². The number of pyridine rings is 1. The Morgan fingerprint density at radius 2 is 2.11 bits per heavy atom. The van der Waals surface area contributed by atoms with Crippen LogP contribution in [0.4, 0.5) is 10.2 Å². The van der Waals surface area contributed by atoms with Crippen LogP contribution in [0.3, 0.4) is 0 Å². The minimum Gasteiger partial charge on any atom is -0.507 e. The number of benzene rings is 1. The van der Waals surface area contributed by atoms with Crippen molar-refractivity contribution in [3.8, 4) is 5.75 Å². The molecular formula is C12H8ClFN2O2. The van der Waals surface area contributed by atoms with Crippen LogP contribution in [0.25, 0.3) is 0 Å². The fraction of sp³-hybridized carbons (Fsp3) is 0. The van der Waals surface area contributed by atoms with Crippen molar-refractivity contribution >= 4 is 23.3 Å². The molecule has 4 nitrogen and oxygen atoms in total. The molecule has 0 aliphatic rings. The highest BCUT2D eigenvalue weighted by Gasteiger charge is 2.16. The number of nitrogens with zero attached hydrogens (tertiary/aromatic N) is 1. The molecule has 2 rings (SSSR count). The van der Waals surface area contributed by atoms with E-state index in [1.54, 1.807) is 0 Å². The van der Waals surface area contributed by atoms with Crippen LogP contribution in [0, 0.1) is 5.82 Å². The van der Waals surface area contributed by atoms with Crippen LogP contribution >= 0.6 is 11.6 Å². The van der Waals surface area contributed by atoms with Gasteiger partial charge in [0.25, 0.3) is 5.91 Å². The molecule has 0 bridgehead atoms. The summed E-state index contributed by atoms with van der Waals surface area (Å²) in [6.07, 6.45) is 1.35. The standard InChI is InChI=1S/C12H8ClFN2O2/c13-7-4-5-10(15-6-7)16-12(18)11-8(14)2-1-3-9(11)17/h1-6,17H,(H,15,16,18). The van der Waals surface area contributed by atoms with Gasteiger partial charge in [-0.25, -0.2) is 9.37 Å². The fourth-order valence-electron chi connectivity index (χ4n) is 1.37. The number of carbonyl (C=O) groups excluding carboxylic acids is 1. The molecule has 18 heavy (non-hydrogen) atoms. The predicted octanol–water partition coefficient (Wildman–Crippen LogP) is 2.83. The molecule has 0 aliphatic heterocycles. The summed E-state index contributed by atoms with van der Waals surface area (Å²) >= 11 is 5.64. The second-order valence-corrected chi connectivity index (χ2v) is 3.89. The zero-order chi connectivity index (χ0) is 13.1. The van der Waals surface area contributed by atoms with E-state index in [1.165, 1.54) is 30.5 Å². The molecule has 2 aromatic rings. The van der Waals surface area contributed by atoms with Crippen molar-refractivity contribution in [3.05, 3.63) is 52.9 Å². The molecular weight excluding hydrogens is 259 g/mol. The lowest BCUT2D eigenvalue weighted by Crippen LogP contribution is -2.14. The summed E-state index contributed by atoms with van der Waals surface area (Å²) in [6.45, 7) is 0. The first-order valence-electron chi connectivity index (χ1n) is 4.98. The van der Waals surface area contributed by atoms with Gasteiger partial charge >= 0.3 is 0 Å². The van der Waals surface area contributed by atoms with Crippen LogP contribution in [0.15, 0.2) is 36.5 Å². The molecule has 0 spiro atoms. The summed E-state index contributed by atoms with van der Waals surface area (Å²) in [4.78, 5) is 15.6.